The molecule has 4 rings (SSSR count). The molecule has 1 saturated carbocycles. The van der Waals surface area contributed by atoms with E-state index in [0.29, 0.717) is 55.8 Å². The number of aliphatic hydroxyl groups excluding tert-OH is 1. The van der Waals surface area contributed by atoms with Crippen molar-refractivity contribution >= 4 is 5.91 Å². The second kappa shape index (κ2) is 10.2. The molecule has 1 aromatic carbocycles. The molecule has 1 aromatic rings. The molecular weight excluding hydrogens is 400 g/mol. The van der Waals surface area contributed by atoms with Crippen LogP contribution >= 0.6 is 0 Å². The Hall–Kier alpha value is -1.87. The molecule has 3 aliphatic rings. The van der Waals surface area contributed by atoms with Crippen molar-refractivity contribution in [3.63, 3.8) is 0 Å². The zero-order chi connectivity index (χ0) is 21.8. The quantitative estimate of drug-likeness (QED) is 0.601. The summed E-state index contributed by atoms with van der Waals surface area (Å²) in [4.78, 5) is 17.4. The van der Waals surface area contributed by atoms with E-state index in [-0.39, 0.29) is 24.9 Å². The lowest BCUT2D eigenvalue weighted by Gasteiger charge is -2.36. The second-order valence-electron chi connectivity index (χ2n) is 9.01. The fourth-order valence-corrected chi connectivity index (χ4v) is 4.02. The Morgan fingerprint density at radius 1 is 1.26 bits per heavy atom. The molecule has 1 aliphatic carbocycles. The van der Waals surface area contributed by atoms with E-state index in [4.69, 9.17) is 18.9 Å². The van der Waals surface area contributed by atoms with Gasteiger partial charge in [-0.15, -0.1) is 0 Å². The van der Waals surface area contributed by atoms with Crippen molar-refractivity contribution in [1.29, 1.82) is 0 Å². The lowest BCUT2D eigenvalue weighted by molar-refractivity contribution is -0.0628. The SMILES string of the molecule is CC(C)OC[C@H](O)CN1CCO[C@@H](CN(CC2CC2)C(=O)c2ccc3c(c2)OCO3)C1. The van der Waals surface area contributed by atoms with E-state index in [1.165, 1.54) is 12.8 Å². The van der Waals surface area contributed by atoms with Gasteiger partial charge in [0, 0.05) is 38.3 Å². The van der Waals surface area contributed by atoms with Crippen molar-refractivity contribution in [3.05, 3.63) is 23.8 Å². The van der Waals surface area contributed by atoms with E-state index in [1.54, 1.807) is 18.2 Å². The maximum Gasteiger partial charge on any atom is 0.254 e. The van der Waals surface area contributed by atoms with Crippen molar-refractivity contribution < 1.29 is 28.8 Å². The number of fused-ring (bicyclic) bond motifs is 1. The summed E-state index contributed by atoms with van der Waals surface area (Å²) in [5.74, 6) is 1.87. The summed E-state index contributed by atoms with van der Waals surface area (Å²) < 4.78 is 22.3. The number of β-amino-alcohol motifs (C(OH)–C–C–N with tert-alkyl or cyclic N) is 1. The Kier molecular flexibility index (Phi) is 7.32. The summed E-state index contributed by atoms with van der Waals surface area (Å²) in [7, 11) is 0. The largest absolute Gasteiger partial charge is 0.454 e. The van der Waals surface area contributed by atoms with Gasteiger partial charge < -0.3 is 29.0 Å². The first-order chi connectivity index (χ1) is 15.0. The van der Waals surface area contributed by atoms with Crippen LogP contribution in [0, 0.1) is 5.92 Å². The van der Waals surface area contributed by atoms with Crippen LogP contribution in [0.4, 0.5) is 0 Å². The molecule has 0 unspecified atom stereocenters. The van der Waals surface area contributed by atoms with Gasteiger partial charge in [-0.2, -0.15) is 0 Å². The number of carbonyl (C=O) groups is 1. The monoisotopic (exact) mass is 434 g/mol. The van der Waals surface area contributed by atoms with Gasteiger partial charge >= 0.3 is 0 Å². The number of hydrogen-bond acceptors (Lipinski definition) is 7. The van der Waals surface area contributed by atoms with E-state index < -0.39 is 6.10 Å². The molecule has 2 aliphatic heterocycles. The maximum absolute atomic E-state index is 13.3. The predicted octanol–water partition coefficient (Wildman–Crippen LogP) is 1.75. The third kappa shape index (κ3) is 6.32. The molecule has 0 spiro atoms. The number of morpholine rings is 1. The van der Waals surface area contributed by atoms with Crippen LogP contribution in [-0.2, 0) is 9.47 Å². The van der Waals surface area contributed by atoms with Crippen LogP contribution in [-0.4, -0.2) is 91.9 Å². The van der Waals surface area contributed by atoms with Crippen molar-refractivity contribution in [3.8, 4) is 11.5 Å². The van der Waals surface area contributed by atoms with E-state index >= 15 is 0 Å². The minimum absolute atomic E-state index is 0.00343. The summed E-state index contributed by atoms with van der Waals surface area (Å²) >= 11 is 0. The molecule has 2 heterocycles. The molecule has 1 amide bonds. The summed E-state index contributed by atoms with van der Waals surface area (Å²) in [5, 5.41) is 10.3. The van der Waals surface area contributed by atoms with Crippen LogP contribution < -0.4 is 9.47 Å². The van der Waals surface area contributed by atoms with Crippen LogP contribution in [0.2, 0.25) is 0 Å². The van der Waals surface area contributed by atoms with Crippen molar-refractivity contribution in [2.45, 2.75) is 45.0 Å². The minimum Gasteiger partial charge on any atom is -0.454 e. The van der Waals surface area contributed by atoms with Gasteiger partial charge in [-0.3, -0.25) is 9.69 Å². The number of rotatable bonds is 10. The molecule has 2 fully saturated rings. The summed E-state index contributed by atoms with van der Waals surface area (Å²) in [5.41, 5.74) is 0.610. The average Bonchev–Trinajstić information content (AvgIpc) is 3.44. The minimum atomic E-state index is -0.529. The third-order valence-corrected chi connectivity index (χ3v) is 5.82. The van der Waals surface area contributed by atoms with Crippen LogP contribution in [0.5, 0.6) is 11.5 Å². The Morgan fingerprint density at radius 3 is 2.84 bits per heavy atom. The topological polar surface area (TPSA) is 80.7 Å². The summed E-state index contributed by atoms with van der Waals surface area (Å²) in [6, 6.07) is 5.36. The number of hydrogen-bond donors (Lipinski definition) is 1. The molecule has 0 aromatic heterocycles. The third-order valence-electron chi connectivity index (χ3n) is 5.82. The molecule has 31 heavy (non-hydrogen) atoms. The maximum atomic E-state index is 13.3. The number of aliphatic hydroxyl groups is 1. The first-order valence-corrected chi connectivity index (χ1v) is 11.3. The highest BCUT2D eigenvalue weighted by molar-refractivity contribution is 5.95. The molecular formula is C23H34N2O6. The fourth-order valence-electron chi connectivity index (χ4n) is 4.02. The number of benzene rings is 1. The highest BCUT2D eigenvalue weighted by atomic mass is 16.7. The smallest absolute Gasteiger partial charge is 0.254 e. The molecule has 2 atom stereocenters. The zero-order valence-corrected chi connectivity index (χ0v) is 18.5. The lowest BCUT2D eigenvalue weighted by atomic mass is 10.1. The van der Waals surface area contributed by atoms with Crippen LogP contribution in [0.3, 0.4) is 0 Å². The molecule has 1 saturated heterocycles. The van der Waals surface area contributed by atoms with Crippen molar-refractivity contribution in [2.24, 2.45) is 5.92 Å². The zero-order valence-electron chi connectivity index (χ0n) is 18.5. The number of ether oxygens (including phenoxy) is 4. The Morgan fingerprint density at radius 2 is 2.06 bits per heavy atom. The summed E-state index contributed by atoms with van der Waals surface area (Å²) in [6.07, 6.45) is 1.84. The second-order valence-corrected chi connectivity index (χ2v) is 9.01. The molecule has 1 N–H and O–H groups in total. The predicted molar refractivity (Wildman–Crippen MR) is 114 cm³/mol. The molecule has 8 heteroatoms. The highest BCUT2D eigenvalue weighted by Crippen LogP contribution is 2.34. The van der Waals surface area contributed by atoms with E-state index in [9.17, 15) is 9.90 Å². The number of nitrogens with zero attached hydrogens (tertiary/aromatic N) is 2. The normalized spacial score (nSPS) is 22.0. The fraction of sp³-hybridized carbons (Fsp3) is 0.696. The Bertz CT molecular complexity index is 754. The van der Waals surface area contributed by atoms with Crippen LogP contribution in [0.1, 0.15) is 37.0 Å². The highest BCUT2D eigenvalue weighted by Gasteiger charge is 2.31. The van der Waals surface area contributed by atoms with Crippen molar-refractivity contribution in [1.82, 2.24) is 9.80 Å². The van der Waals surface area contributed by atoms with Gasteiger partial charge in [0.25, 0.3) is 5.91 Å². The van der Waals surface area contributed by atoms with E-state index in [0.717, 1.165) is 13.1 Å². The van der Waals surface area contributed by atoms with E-state index in [1.807, 2.05) is 18.7 Å². The lowest BCUT2D eigenvalue weighted by Crippen LogP contribution is -2.51. The number of carbonyl (C=O) groups excluding carboxylic acids is 1. The van der Waals surface area contributed by atoms with Gasteiger partial charge in [0.05, 0.1) is 31.5 Å². The first kappa shape index (κ1) is 22.3. The molecule has 0 radical (unpaired) electrons. The summed E-state index contributed by atoms with van der Waals surface area (Å²) in [6.45, 7) is 8.34. The van der Waals surface area contributed by atoms with Crippen LogP contribution in [0.25, 0.3) is 0 Å². The van der Waals surface area contributed by atoms with E-state index in [2.05, 4.69) is 4.90 Å². The van der Waals surface area contributed by atoms with Gasteiger partial charge in [-0.1, -0.05) is 0 Å². The Labute approximate surface area is 184 Å². The number of amides is 1. The molecule has 172 valence electrons. The standard InChI is InChI=1S/C23H34N2O6/c1-16(2)29-14-19(26)11-24-7-8-28-20(12-24)13-25(10-17-3-4-17)23(27)18-5-6-21-22(9-18)31-15-30-21/h5-6,9,16-17,19-20,26H,3-4,7-8,10-15H2,1-2H3/t19-,20-/m1/s1. The van der Waals surface area contributed by atoms with Gasteiger partial charge in [-0.05, 0) is 50.8 Å². The first-order valence-electron chi connectivity index (χ1n) is 11.3. The van der Waals surface area contributed by atoms with Crippen molar-refractivity contribution in [2.75, 3.05) is 52.7 Å². The van der Waals surface area contributed by atoms with Gasteiger partial charge in [0.15, 0.2) is 11.5 Å². The van der Waals surface area contributed by atoms with Gasteiger partial charge in [0.1, 0.15) is 0 Å². The van der Waals surface area contributed by atoms with Gasteiger partial charge in [0.2, 0.25) is 6.79 Å². The average molecular weight is 435 g/mol. The molecule has 8 nitrogen and oxygen atoms in total. The molecule has 0 bridgehead atoms. The van der Waals surface area contributed by atoms with Crippen LogP contribution in [0.15, 0.2) is 18.2 Å². The Balaban J connectivity index is 1.35. The van der Waals surface area contributed by atoms with Gasteiger partial charge in [-0.25, -0.2) is 0 Å².